The molecule has 0 N–H and O–H groups in total. The molecule has 2 aliphatic rings. The molecule has 4 nitrogen and oxygen atoms in total. The number of anilines is 1. The standard InChI is InChI=1S/C14H14Cl2N2O2/c1-8-5-10(16)12(6-9(8)15)18-7-13(19)17-4-2-3-11(17)14(18)20/h5-6,11H,2-4,7H2,1H3. The van der Waals surface area contributed by atoms with Gasteiger partial charge in [-0.25, -0.2) is 0 Å². The van der Waals surface area contributed by atoms with E-state index in [9.17, 15) is 9.59 Å². The average Bonchev–Trinajstić information content (AvgIpc) is 2.88. The van der Waals surface area contributed by atoms with E-state index in [1.807, 2.05) is 6.92 Å². The maximum absolute atomic E-state index is 12.5. The first-order valence-electron chi connectivity index (χ1n) is 6.55. The molecule has 0 aliphatic carbocycles. The van der Waals surface area contributed by atoms with Gasteiger partial charge in [-0.3, -0.25) is 14.5 Å². The third kappa shape index (κ3) is 2.07. The molecule has 2 amide bonds. The van der Waals surface area contributed by atoms with Crippen molar-refractivity contribution in [3.8, 4) is 0 Å². The second-order valence-electron chi connectivity index (χ2n) is 5.22. The van der Waals surface area contributed by atoms with Crippen LogP contribution in [0.4, 0.5) is 5.69 Å². The summed E-state index contributed by atoms with van der Waals surface area (Å²) in [4.78, 5) is 27.8. The first-order valence-corrected chi connectivity index (χ1v) is 7.31. The first-order chi connectivity index (χ1) is 9.49. The number of aryl methyl sites for hydroxylation is 1. The summed E-state index contributed by atoms with van der Waals surface area (Å²) in [5, 5.41) is 0.984. The second-order valence-corrected chi connectivity index (χ2v) is 6.04. The van der Waals surface area contributed by atoms with Gasteiger partial charge in [0.2, 0.25) is 11.8 Å². The number of nitrogens with zero attached hydrogens (tertiary/aromatic N) is 2. The molecular formula is C14H14Cl2N2O2. The minimum atomic E-state index is -0.340. The van der Waals surface area contributed by atoms with Gasteiger partial charge in [-0.2, -0.15) is 0 Å². The summed E-state index contributed by atoms with van der Waals surface area (Å²) in [5.74, 6) is -0.0937. The Morgan fingerprint density at radius 3 is 2.70 bits per heavy atom. The van der Waals surface area contributed by atoms with Crippen LogP contribution in [0, 0.1) is 6.92 Å². The van der Waals surface area contributed by atoms with E-state index in [0.29, 0.717) is 22.3 Å². The van der Waals surface area contributed by atoms with Gasteiger partial charge in [-0.15, -0.1) is 0 Å². The van der Waals surface area contributed by atoms with Crippen LogP contribution in [0.3, 0.4) is 0 Å². The fourth-order valence-corrected chi connectivity index (χ4v) is 3.33. The number of hydrogen-bond donors (Lipinski definition) is 0. The number of benzene rings is 1. The highest BCUT2D eigenvalue weighted by Gasteiger charge is 2.42. The van der Waals surface area contributed by atoms with Crippen LogP contribution in [0.5, 0.6) is 0 Å². The van der Waals surface area contributed by atoms with Gasteiger partial charge >= 0.3 is 0 Å². The normalized spacial score (nSPS) is 22.4. The molecule has 6 heteroatoms. The molecule has 1 atom stereocenters. The van der Waals surface area contributed by atoms with Crippen molar-refractivity contribution in [1.82, 2.24) is 4.90 Å². The molecule has 106 valence electrons. The lowest BCUT2D eigenvalue weighted by Crippen LogP contribution is -2.57. The van der Waals surface area contributed by atoms with Crippen molar-refractivity contribution in [2.75, 3.05) is 18.0 Å². The lowest BCUT2D eigenvalue weighted by atomic mass is 10.1. The van der Waals surface area contributed by atoms with Gasteiger partial charge in [0.1, 0.15) is 12.6 Å². The monoisotopic (exact) mass is 312 g/mol. The average molecular weight is 313 g/mol. The quantitative estimate of drug-likeness (QED) is 0.800. The Bertz CT molecular complexity index is 603. The van der Waals surface area contributed by atoms with Crippen molar-refractivity contribution in [1.29, 1.82) is 0 Å². The molecule has 0 bridgehead atoms. The molecule has 2 saturated heterocycles. The Morgan fingerprint density at radius 1 is 1.20 bits per heavy atom. The molecule has 2 aliphatic heterocycles. The van der Waals surface area contributed by atoms with E-state index in [4.69, 9.17) is 23.2 Å². The summed E-state index contributed by atoms with van der Waals surface area (Å²) in [6.07, 6.45) is 1.59. The predicted octanol–water partition coefficient (Wildman–Crippen LogP) is 2.64. The Morgan fingerprint density at radius 2 is 1.95 bits per heavy atom. The van der Waals surface area contributed by atoms with Crippen LogP contribution in [0.15, 0.2) is 12.1 Å². The first kappa shape index (κ1) is 13.7. The number of hydrogen-bond acceptors (Lipinski definition) is 2. The minimum Gasteiger partial charge on any atom is -0.329 e. The van der Waals surface area contributed by atoms with E-state index in [0.717, 1.165) is 18.4 Å². The van der Waals surface area contributed by atoms with Crippen LogP contribution in [0.2, 0.25) is 10.0 Å². The van der Waals surface area contributed by atoms with Crippen molar-refractivity contribution in [2.45, 2.75) is 25.8 Å². The van der Waals surface area contributed by atoms with E-state index in [1.54, 1.807) is 17.0 Å². The summed E-state index contributed by atoms with van der Waals surface area (Å²) in [7, 11) is 0. The fraction of sp³-hybridized carbons (Fsp3) is 0.429. The Hall–Kier alpha value is -1.26. The Balaban J connectivity index is 2.00. The number of fused-ring (bicyclic) bond motifs is 1. The van der Waals surface area contributed by atoms with Gasteiger partial charge in [0.25, 0.3) is 0 Å². The van der Waals surface area contributed by atoms with E-state index < -0.39 is 0 Å². The Kier molecular flexibility index (Phi) is 3.38. The maximum atomic E-state index is 12.5. The molecule has 0 saturated carbocycles. The number of piperazine rings is 1. The highest BCUT2D eigenvalue weighted by atomic mass is 35.5. The highest BCUT2D eigenvalue weighted by Crippen LogP contribution is 2.35. The number of amides is 2. The zero-order chi connectivity index (χ0) is 14.4. The molecule has 3 rings (SSSR count). The van der Waals surface area contributed by atoms with E-state index in [2.05, 4.69) is 0 Å². The van der Waals surface area contributed by atoms with Crippen LogP contribution < -0.4 is 4.90 Å². The van der Waals surface area contributed by atoms with Crippen LogP contribution in [0.1, 0.15) is 18.4 Å². The van der Waals surface area contributed by atoms with Gasteiger partial charge in [-0.05, 0) is 37.5 Å². The predicted molar refractivity (Wildman–Crippen MR) is 78.3 cm³/mol. The molecule has 2 heterocycles. The molecule has 1 aromatic rings. The van der Waals surface area contributed by atoms with Gasteiger partial charge in [0.15, 0.2) is 0 Å². The van der Waals surface area contributed by atoms with Crippen LogP contribution in [-0.2, 0) is 9.59 Å². The van der Waals surface area contributed by atoms with Crippen molar-refractivity contribution in [3.63, 3.8) is 0 Å². The smallest absolute Gasteiger partial charge is 0.250 e. The van der Waals surface area contributed by atoms with Crippen molar-refractivity contribution >= 4 is 40.7 Å². The van der Waals surface area contributed by atoms with Crippen molar-refractivity contribution in [3.05, 3.63) is 27.7 Å². The third-order valence-electron chi connectivity index (χ3n) is 3.94. The summed E-state index contributed by atoms with van der Waals surface area (Å²) >= 11 is 12.3. The van der Waals surface area contributed by atoms with Crippen molar-refractivity contribution < 1.29 is 9.59 Å². The number of halogens is 2. The molecule has 0 aromatic heterocycles. The second kappa shape index (κ2) is 4.93. The molecule has 0 spiro atoms. The molecule has 0 radical (unpaired) electrons. The third-order valence-corrected chi connectivity index (χ3v) is 4.65. The van der Waals surface area contributed by atoms with Gasteiger partial charge in [-0.1, -0.05) is 23.2 Å². The van der Waals surface area contributed by atoms with E-state index >= 15 is 0 Å². The van der Waals surface area contributed by atoms with E-state index in [-0.39, 0.29) is 24.4 Å². The fourth-order valence-electron chi connectivity index (χ4n) is 2.85. The highest BCUT2D eigenvalue weighted by molar-refractivity contribution is 6.36. The molecule has 20 heavy (non-hydrogen) atoms. The van der Waals surface area contributed by atoms with Crippen molar-refractivity contribution in [2.24, 2.45) is 0 Å². The summed E-state index contributed by atoms with van der Waals surface area (Å²) in [6.45, 7) is 2.56. The van der Waals surface area contributed by atoms with E-state index in [1.165, 1.54) is 4.90 Å². The summed E-state index contributed by atoms with van der Waals surface area (Å²) in [5.41, 5.74) is 1.37. The molecular weight excluding hydrogens is 299 g/mol. The topological polar surface area (TPSA) is 40.6 Å². The molecule has 1 aromatic carbocycles. The zero-order valence-corrected chi connectivity index (χ0v) is 12.5. The van der Waals surface area contributed by atoms with Crippen LogP contribution in [-0.4, -0.2) is 35.8 Å². The molecule has 1 unspecified atom stereocenters. The van der Waals surface area contributed by atoms with Gasteiger partial charge in [0.05, 0.1) is 10.7 Å². The van der Waals surface area contributed by atoms with Gasteiger partial charge < -0.3 is 4.90 Å². The number of carbonyl (C=O) groups excluding carboxylic acids is 2. The van der Waals surface area contributed by atoms with Gasteiger partial charge in [0, 0.05) is 11.6 Å². The maximum Gasteiger partial charge on any atom is 0.250 e. The lowest BCUT2D eigenvalue weighted by molar-refractivity contribution is -0.140. The minimum absolute atomic E-state index is 0.0279. The van der Waals surface area contributed by atoms with Crippen LogP contribution in [0.25, 0.3) is 0 Å². The van der Waals surface area contributed by atoms with Crippen LogP contribution >= 0.6 is 23.2 Å². The molecule has 2 fully saturated rings. The number of carbonyl (C=O) groups is 2. The SMILES string of the molecule is Cc1cc(Cl)c(N2CC(=O)N3CCCC3C2=O)cc1Cl. The Labute approximate surface area is 127 Å². The summed E-state index contributed by atoms with van der Waals surface area (Å²) in [6, 6.07) is 3.04. The largest absolute Gasteiger partial charge is 0.329 e. The summed E-state index contributed by atoms with van der Waals surface area (Å²) < 4.78 is 0. The number of rotatable bonds is 1. The zero-order valence-electron chi connectivity index (χ0n) is 11.0. The lowest BCUT2D eigenvalue weighted by Gasteiger charge is -2.36.